The maximum absolute atomic E-state index is 12.3. The van der Waals surface area contributed by atoms with Crippen molar-refractivity contribution < 1.29 is 9.90 Å². The van der Waals surface area contributed by atoms with Crippen LogP contribution < -0.4 is 0 Å². The van der Waals surface area contributed by atoms with Crippen molar-refractivity contribution in [1.82, 2.24) is 14.8 Å². The SMILES string of the molecule is O=C(O)[C@@H](c1c[nH]c2ccc(Br)cc12)N1CCN(Cc2cccc3ccccc23)CC1. The lowest BCUT2D eigenvalue weighted by molar-refractivity contribution is -0.144. The van der Waals surface area contributed by atoms with Gasteiger partial charge in [-0.3, -0.25) is 14.6 Å². The fourth-order valence-corrected chi connectivity index (χ4v) is 5.04. The topological polar surface area (TPSA) is 59.6 Å². The van der Waals surface area contributed by atoms with Gasteiger partial charge < -0.3 is 10.1 Å². The van der Waals surface area contributed by atoms with E-state index in [0.29, 0.717) is 0 Å². The van der Waals surface area contributed by atoms with Crippen LogP contribution in [0.2, 0.25) is 0 Å². The molecule has 1 aromatic heterocycles. The van der Waals surface area contributed by atoms with E-state index in [-0.39, 0.29) is 0 Å². The zero-order chi connectivity index (χ0) is 21.4. The third kappa shape index (κ3) is 3.99. The second kappa shape index (κ2) is 8.46. The van der Waals surface area contributed by atoms with Crippen LogP contribution in [-0.2, 0) is 11.3 Å². The molecule has 31 heavy (non-hydrogen) atoms. The third-order valence-electron chi connectivity index (χ3n) is 6.25. The molecule has 0 amide bonds. The van der Waals surface area contributed by atoms with Gasteiger partial charge in [0.2, 0.25) is 0 Å². The number of piperazine rings is 1. The Hall–Kier alpha value is -2.67. The maximum atomic E-state index is 12.3. The molecule has 5 nitrogen and oxygen atoms in total. The van der Waals surface area contributed by atoms with Gasteiger partial charge in [-0.2, -0.15) is 0 Å². The van der Waals surface area contributed by atoms with Crippen LogP contribution in [0.3, 0.4) is 0 Å². The summed E-state index contributed by atoms with van der Waals surface area (Å²) in [5.74, 6) is -0.802. The molecule has 1 atom stereocenters. The molecule has 0 saturated carbocycles. The van der Waals surface area contributed by atoms with Crippen molar-refractivity contribution in [2.24, 2.45) is 0 Å². The summed E-state index contributed by atoms with van der Waals surface area (Å²) in [7, 11) is 0. The molecule has 0 aliphatic carbocycles. The number of carbonyl (C=O) groups is 1. The Balaban J connectivity index is 1.33. The first-order valence-corrected chi connectivity index (χ1v) is 11.3. The summed E-state index contributed by atoms with van der Waals surface area (Å²) < 4.78 is 0.949. The summed E-state index contributed by atoms with van der Waals surface area (Å²) in [6.45, 7) is 4.02. The Morgan fingerprint density at radius 2 is 1.77 bits per heavy atom. The van der Waals surface area contributed by atoms with Gasteiger partial charge in [-0.1, -0.05) is 58.4 Å². The minimum absolute atomic E-state index is 0.650. The lowest BCUT2D eigenvalue weighted by atomic mass is 10.0. The van der Waals surface area contributed by atoms with E-state index in [1.54, 1.807) is 0 Å². The van der Waals surface area contributed by atoms with Gasteiger partial charge in [0.15, 0.2) is 0 Å². The van der Waals surface area contributed by atoms with Gasteiger partial charge in [0.05, 0.1) is 0 Å². The normalized spacial score (nSPS) is 16.7. The molecule has 2 N–H and O–H groups in total. The van der Waals surface area contributed by atoms with Crippen LogP contribution in [-0.4, -0.2) is 52.0 Å². The van der Waals surface area contributed by atoms with Gasteiger partial charge >= 0.3 is 5.97 Å². The molecule has 1 aliphatic heterocycles. The van der Waals surface area contributed by atoms with Crippen LogP contribution in [0.1, 0.15) is 17.2 Å². The van der Waals surface area contributed by atoms with Gasteiger partial charge in [0, 0.05) is 59.9 Å². The molecule has 0 spiro atoms. The highest BCUT2D eigenvalue weighted by molar-refractivity contribution is 9.10. The number of nitrogens with zero attached hydrogens (tertiary/aromatic N) is 2. The number of hydrogen-bond donors (Lipinski definition) is 2. The highest BCUT2D eigenvalue weighted by atomic mass is 79.9. The van der Waals surface area contributed by atoms with Crippen molar-refractivity contribution in [2.45, 2.75) is 12.6 Å². The molecule has 1 fully saturated rings. The molecule has 0 radical (unpaired) electrons. The Labute approximate surface area is 189 Å². The van der Waals surface area contributed by atoms with E-state index in [1.807, 2.05) is 24.4 Å². The lowest BCUT2D eigenvalue weighted by Crippen LogP contribution is -2.48. The summed E-state index contributed by atoms with van der Waals surface area (Å²) >= 11 is 3.51. The summed E-state index contributed by atoms with van der Waals surface area (Å²) in [5, 5.41) is 13.6. The monoisotopic (exact) mass is 477 g/mol. The van der Waals surface area contributed by atoms with E-state index in [1.165, 1.54) is 16.3 Å². The fourth-order valence-electron chi connectivity index (χ4n) is 4.68. The lowest BCUT2D eigenvalue weighted by Gasteiger charge is -2.37. The summed E-state index contributed by atoms with van der Waals surface area (Å²) in [4.78, 5) is 20.0. The summed E-state index contributed by atoms with van der Waals surface area (Å²) in [5.41, 5.74) is 3.10. The van der Waals surface area contributed by atoms with Crippen LogP contribution in [0.25, 0.3) is 21.7 Å². The molecule has 5 rings (SSSR count). The molecule has 1 saturated heterocycles. The summed E-state index contributed by atoms with van der Waals surface area (Å²) in [6, 6.07) is 20.2. The Bertz CT molecular complexity index is 1240. The third-order valence-corrected chi connectivity index (χ3v) is 6.74. The molecule has 1 aliphatic rings. The number of hydrogen-bond acceptors (Lipinski definition) is 3. The predicted molar refractivity (Wildman–Crippen MR) is 127 cm³/mol. The number of aliphatic carboxylic acids is 1. The van der Waals surface area contributed by atoms with Crippen molar-refractivity contribution in [2.75, 3.05) is 26.2 Å². The zero-order valence-electron chi connectivity index (χ0n) is 17.1. The number of H-pyrrole nitrogens is 1. The van der Waals surface area contributed by atoms with Gasteiger partial charge in [-0.05, 0) is 34.5 Å². The molecule has 6 heteroatoms. The number of fused-ring (bicyclic) bond motifs is 2. The van der Waals surface area contributed by atoms with E-state index >= 15 is 0 Å². The predicted octanol–water partition coefficient (Wildman–Crippen LogP) is 5.03. The first-order chi connectivity index (χ1) is 15.1. The number of carboxylic acid groups (broad SMARTS) is 1. The van der Waals surface area contributed by atoms with Crippen LogP contribution in [0.5, 0.6) is 0 Å². The van der Waals surface area contributed by atoms with Crippen LogP contribution in [0.4, 0.5) is 0 Å². The second-order valence-corrected chi connectivity index (χ2v) is 9.04. The first-order valence-electron chi connectivity index (χ1n) is 10.5. The minimum atomic E-state index is -0.802. The molecule has 4 aromatic rings. The number of aromatic nitrogens is 1. The smallest absolute Gasteiger partial charge is 0.325 e. The maximum Gasteiger partial charge on any atom is 0.325 e. The molecule has 158 valence electrons. The first kappa shape index (κ1) is 20.2. The average molecular weight is 478 g/mol. The Morgan fingerprint density at radius 1 is 1.00 bits per heavy atom. The van der Waals surface area contributed by atoms with E-state index in [4.69, 9.17) is 0 Å². The average Bonchev–Trinajstić information content (AvgIpc) is 3.18. The minimum Gasteiger partial charge on any atom is -0.480 e. The van der Waals surface area contributed by atoms with E-state index < -0.39 is 12.0 Å². The van der Waals surface area contributed by atoms with Crippen LogP contribution in [0, 0.1) is 0 Å². The fraction of sp³-hybridized carbons (Fsp3) is 0.240. The molecular weight excluding hydrogens is 454 g/mol. The van der Waals surface area contributed by atoms with Gasteiger partial charge in [-0.15, -0.1) is 0 Å². The van der Waals surface area contributed by atoms with Crippen molar-refractivity contribution in [3.63, 3.8) is 0 Å². The second-order valence-electron chi connectivity index (χ2n) is 8.13. The van der Waals surface area contributed by atoms with Crippen molar-refractivity contribution in [3.8, 4) is 0 Å². The number of carboxylic acids is 1. The largest absolute Gasteiger partial charge is 0.480 e. The highest BCUT2D eigenvalue weighted by Gasteiger charge is 2.32. The highest BCUT2D eigenvalue weighted by Crippen LogP contribution is 2.31. The zero-order valence-corrected chi connectivity index (χ0v) is 18.7. The molecule has 3 aromatic carbocycles. The van der Waals surface area contributed by atoms with Crippen LogP contribution >= 0.6 is 15.9 Å². The molecule has 0 bridgehead atoms. The molecular formula is C25H24BrN3O2. The van der Waals surface area contributed by atoms with E-state index in [0.717, 1.165) is 53.7 Å². The number of nitrogens with one attached hydrogen (secondary N) is 1. The number of rotatable bonds is 5. The summed E-state index contributed by atoms with van der Waals surface area (Å²) in [6.07, 6.45) is 1.85. The van der Waals surface area contributed by atoms with Crippen LogP contribution in [0.15, 0.2) is 71.3 Å². The quantitative estimate of drug-likeness (QED) is 0.423. The van der Waals surface area contributed by atoms with Gasteiger partial charge in [0.1, 0.15) is 6.04 Å². The number of benzene rings is 3. The number of halogens is 1. The number of aromatic amines is 1. The van der Waals surface area contributed by atoms with Gasteiger partial charge in [-0.25, -0.2) is 0 Å². The standard InChI is InChI=1S/C25H24BrN3O2/c26-19-8-9-23-21(14-19)22(15-27-23)24(25(30)31)29-12-10-28(11-13-29)16-18-6-3-5-17-4-1-2-7-20(17)18/h1-9,14-15,24,27H,10-13,16H2,(H,30,31)/t24-/m1/s1. The molecule has 2 heterocycles. The Kier molecular flexibility index (Phi) is 5.52. The van der Waals surface area contributed by atoms with Crippen molar-refractivity contribution in [1.29, 1.82) is 0 Å². The van der Waals surface area contributed by atoms with Gasteiger partial charge in [0.25, 0.3) is 0 Å². The van der Waals surface area contributed by atoms with Crippen molar-refractivity contribution in [3.05, 3.63) is 82.5 Å². The van der Waals surface area contributed by atoms with E-state index in [9.17, 15) is 9.90 Å². The van der Waals surface area contributed by atoms with Crippen molar-refractivity contribution >= 4 is 43.6 Å². The Morgan fingerprint density at radius 3 is 2.58 bits per heavy atom. The van der Waals surface area contributed by atoms with E-state index in [2.05, 4.69) is 73.2 Å². The molecule has 0 unspecified atom stereocenters.